The highest BCUT2D eigenvalue weighted by molar-refractivity contribution is 6.02. The van der Waals surface area contributed by atoms with E-state index in [1.54, 1.807) is 43.5 Å². The molecule has 38 heavy (non-hydrogen) atoms. The van der Waals surface area contributed by atoms with Crippen LogP contribution in [-0.4, -0.2) is 26.5 Å². The number of hydrogen-bond acceptors (Lipinski definition) is 6. The molecule has 0 aliphatic carbocycles. The summed E-state index contributed by atoms with van der Waals surface area (Å²) >= 11 is 0. The standard InChI is InChI=1S/C29H27N5O4/c1-29(2,3)38-28(36)31-19-8-7-9-20(16-19)34-17-23(24-25(34)27(35)33-32-26(24)30)18-12-14-22(15-13-18)37-21-10-5-4-6-11-21/h4-17H,1-3H3,(H2,30,32)(H,31,36)(H,33,35). The van der Waals surface area contributed by atoms with Crippen molar-refractivity contribution >= 4 is 28.5 Å². The maximum Gasteiger partial charge on any atom is 0.412 e. The lowest BCUT2D eigenvalue weighted by Gasteiger charge is -2.19. The Kier molecular flexibility index (Phi) is 6.34. The smallest absolute Gasteiger partial charge is 0.412 e. The predicted octanol–water partition coefficient (Wildman–Crippen LogP) is 6.10. The molecule has 0 saturated carbocycles. The Hall–Kier alpha value is -5.05. The van der Waals surface area contributed by atoms with Gasteiger partial charge >= 0.3 is 6.09 Å². The second-order valence-electron chi connectivity index (χ2n) is 9.69. The largest absolute Gasteiger partial charge is 0.457 e. The number of nitrogen functional groups attached to an aromatic ring is 1. The molecule has 9 heteroatoms. The number of rotatable bonds is 5. The number of benzene rings is 3. The topological polar surface area (TPSA) is 124 Å². The molecule has 9 nitrogen and oxygen atoms in total. The Labute approximate surface area is 218 Å². The number of carbonyl (C=O) groups excluding carboxylic acids is 1. The van der Waals surface area contributed by atoms with Crippen molar-refractivity contribution in [1.82, 2.24) is 14.8 Å². The Balaban J connectivity index is 1.54. The average Bonchev–Trinajstić information content (AvgIpc) is 3.29. The molecule has 2 aromatic heterocycles. The molecule has 0 saturated heterocycles. The Morgan fingerprint density at radius 3 is 2.39 bits per heavy atom. The number of aromatic nitrogens is 3. The zero-order chi connectivity index (χ0) is 26.9. The van der Waals surface area contributed by atoms with E-state index in [9.17, 15) is 9.59 Å². The Morgan fingerprint density at radius 1 is 0.974 bits per heavy atom. The lowest BCUT2D eigenvalue weighted by Crippen LogP contribution is -2.27. The van der Waals surface area contributed by atoms with Gasteiger partial charge in [-0.25, -0.2) is 9.89 Å². The van der Waals surface area contributed by atoms with Crippen LogP contribution < -0.4 is 21.3 Å². The van der Waals surface area contributed by atoms with Gasteiger partial charge in [0.1, 0.15) is 22.6 Å². The van der Waals surface area contributed by atoms with E-state index in [1.807, 2.05) is 66.9 Å². The number of nitrogens with two attached hydrogens (primary N) is 1. The number of H-pyrrole nitrogens is 1. The van der Waals surface area contributed by atoms with Gasteiger partial charge in [0.2, 0.25) is 0 Å². The van der Waals surface area contributed by atoms with Gasteiger partial charge in [-0.05, 0) is 68.8 Å². The van der Waals surface area contributed by atoms with Crippen molar-refractivity contribution in [3.8, 4) is 28.3 Å². The molecule has 0 bridgehead atoms. The number of carbonyl (C=O) groups is 1. The van der Waals surface area contributed by atoms with Crippen molar-refractivity contribution in [1.29, 1.82) is 0 Å². The summed E-state index contributed by atoms with van der Waals surface area (Å²) in [4.78, 5) is 25.2. The molecule has 0 fully saturated rings. The number of fused-ring (bicyclic) bond motifs is 1. The summed E-state index contributed by atoms with van der Waals surface area (Å²) in [5.74, 6) is 1.60. The normalized spacial score (nSPS) is 11.3. The van der Waals surface area contributed by atoms with Crippen LogP contribution in [0.4, 0.5) is 16.3 Å². The second kappa shape index (κ2) is 9.78. The van der Waals surface area contributed by atoms with Crippen molar-refractivity contribution in [2.45, 2.75) is 26.4 Å². The zero-order valence-corrected chi connectivity index (χ0v) is 21.2. The lowest BCUT2D eigenvalue weighted by atomic mass is 10.1. The van der Waals surface area contributed by atoms with Gasteiger partial charge in [-0.3, -0.25) is 10.1 Å². The summed E-state index contributed by atoms with van der Waals surface area (Å²) in [7, 11) is 0. The third-order valence-electron chi connectivity index (χ3n) is 5.67. The number of nitrogens with one attached hydrogen (secondary N) is 2. The van der Waals surface area contributed by atoms with Crippen molar-refractivity contribution in [2.24, 2.45) is 0 Å². The average molecular weight is 510 g/mol. The first kappa shape index (κ1) is 24.6. The summed E-state index contributed by atoms with van der Waals surface area (Å²) in [5.41, 5.74) is 8.28. The minimum absolute atomic E-state index is 0.195. The van der Waals surface area contributed by atoms with Gasteiger partial charge in [-0.15, -0.1) is 0 Å². The molecule has 5 aromatic rings. The summed E-state index contributed by atoms with van der Waals surface area (Å²) < 4.78 is 13.0. The molecule has 2 heterocycles. The van der Waals surface area contributed by atoms with Gasteiger partial charge in [0.15, 0.2) is 5.82 Å². The first-order valence-corrected chi connectivity index (χ1v) is 12.0. The van der Waals surface area contributed by atoms with Gasteiger partial charge in [0.05, 0.1) is 5.39 Å². The molecule has 5 rings (SSSR count). The Morgan fingerprint density at radius 2 is 1.68 bits per heavy atom. The molecule has 1 amide bonds. The number of anilines is 2. The van der Waals surface area contributed by atoms with E-state index in [4.69, 9.17) is 15.2 Å². The molecule has 3 aromatic carbocycles. The molecule has 0 radical (unpaired) electrons. The number of ether oxygens (including phenoxy) is 2. The number of aromatic amines is 1. The highest BCUT2D eigenvalue weighted by Crippen LogP contribution is 2.35. The van der Waals surface area contributed by atoms with Crippen LogP contribution in [0.1, 0.15) is 20.8 Å². The van der Waals surface area contributed by atoms with Crippen LogP contribution in [0.25, 0.3) is 27.7 Å². The van der Waals surface area contributed by atoms with Crippen LogP contribution in [0.2, 0.25) is 0 Å². The SMILES string of the molecule is CC(C)(C)OC(=O)Nc1cccc(-n2cc(-c3ccc(Oc4ccccc4)cc3)c3c(N)n[nH]c(=O)c32)c1. The van der Waals surface area contributed by atoms with Crippen molar-refractivity contribution in [2.75, 3.05) is 11.1 Å². The molecule has 4 N–H and O–H groups in total. The number of amides is 1. The third kappa shape index (κ3) is 5.22. The van der Waals surface area contributed by atoms with Crippen LogP contribution in [0.5, 0.6) is 11.5 Å². The fraction of sp³-hybridized carbons (Fsp3) is 0.138. The van der Waals surface area contributed by atoms with E-state index in [2.05, 4.69) is 15.5 Å². The maximum absolute atomic E-state index is 12.9. The number of para-hydroxylation sites is 1. The number of hydrogen-bond donors (Lipinski definition) is 3. The molecule has 0 spiro atoms. The van der Waals surface area contributed by atoms with E-state index >= 15 is 0 Å². The summed E-state index contributed by atoms with van der Waals surface area (Å²) in [6.07, 6.45) is 1.26. The maximum atomic E-state index is 12.9. The van der Waals surface area contributed by atoms with Gasteiger partial charge < -0.3 is 19.8 Å². The van der Waals surface area contributed by atoms with E-state index in [0.29, 0.717) is 28.0 Å². The first-order valence-electron chi connectivity index (χ1n) is 12.0. The van der Waals surface area contributed by atoms with Crippen LogP contribution in [0.15, 0.2) is 89.9 Å². The van der Waals surface area contributed by atoms with Crippen LogP contribution in [0.3, 0.4) is 0 Å². The zero-order valence-electron chi connectivity index (χ0n) is 21.2. The molecule has 192 valence electrons. The van der Waals surface area contributed by atoms with E-state index < -0.39 is 17.3 Å². The molecule has 0 aliphatic heterocycles. The molecule has 0 aliphatic rings. The fourth-order valence-electron chi connectivity index (χ4n) is 4.11. The lowest BCUT2D eigenvalue weighted by molar-refractivity contribution is 0.0636. The fourth-order valence-corrected chi connectivity index (χ4v) is 4.11. The molecular formula is C29H27N5O4. The van der Waals surface area contributed by atoms with Gasteiger partial charge in [0.25, 0.3) is 5.56 Å². The van der Waals surface area contributed by atoms with Gasteiger partial charge in [-0.1, -0.05) is 36.4 Å². The van der Waals surface area contributed by atoms with Gasteiger partial charge in [0, 0.05) is 23.1 Å². The van der Waals surface area contributed by atoms with E-state index in [-0.39, 0.29) is 5.82 Å². The summed E-state index contributed by atoms with van der Waals surface area (Å²) in [6.45, 7) is 5.38. The molecular weight excluding hydrogens is 482 g/mol. The third-order valence-corrected chi connectivity index (χ3v) is 5.67. The van der Waals surface area contributed by atoms with Crippen LogP contribution in [0, 0.1) is 0 Å². The van der Waals surface area contributed by atoms with Crippen LogP contribution >= 0.6 is 0 Å². The highest BCUT2D eigenvalue weighted by Gasteiger charge is 2.19. The molecule has 0 unspecified atom stereocenters. The first-order chi connectivity index (χ1) is 18.2. The molecule has 0 atom stereocenters. The monoisotopic (exact) mass is 509 g/mol. The van der Waals surface area contributed by atoms with Crippen molar-refractivity contribution in [3.05, 3.63) is 95.4 Å². The summed E-state index contributed by atoms with van der Waals surface area (Å²) in [6, 6.07) is 24.1. The number of nitrogens with zero attached hydrogens (tertiary/aromatic N) is 2. The minimum Gasteiger partial charge on any atom is -0.457 e. The second-order valence-corrected chi connectivity index (χ2v) is 9.69. The van der Waals surface area contributed by atoms with Crippen molar-refractivity contribution < 1.29 is 14.3 Å². The van der Waals surface area contributed by atoms with Crippen LogP contribution in [-0.2, 0) is 4.74 Å². The summed E-state index contributed by atoms with van der Waals surface area (Å²) in [5, 5.41) is 9.72. The highest BCUT2D eigenvalue weighted by atomic mass is 16.6. The Bertz CT molecular complexity index is 1670. The van der Waals surface area contributed by atoms with Crippen molar-refractivity contribution in [3.63, 3.8) is 0 Å². The van der Waals surface area contributed by atoms with E-state index in [1.165, 1.54) is 0 Å². The van der Waals surface area contributed by atoms with E-state index in [0.717, 1.165) is 16.9 Å². The van der Waals surface area contributed by atoms with Gasteiger partial charge in [-0.2, -0.15) is 5.10 Å². The predicted molar refractivity (Wildman–Crippen MR) is 148 cm³/mol. The minimum atomic E-state index is -0.632. The quantitative estimate of drug-likeness (QED) is 0.263.